The van der Waals surface area contributed by atoms with Crippen molar-refractivity contribution in [3.8, 4) is 0 Å². The molecule has 0 bridgehead atoms. The number of hydrogen-bond donors (Lipinski definition) is 2. The summed E-state index contributed by atoms with van der Waals surface area (Å²) < 4.78 is 0. The Morgan fingerprint density at radius 3 is 2.04 bits per heavy atom. The van der Waals surface area contributed by atoms with Crippen molar-refractivity contribution in [2.45, 2.75) is 31.3 Å². The molecule has 2 aromatic rings. The Morgan fingerprint density at radius 1 is 0.920 bits per heavy atom. The first kappa shape index (κ1) is 17.2. The Hall–Kier alpha value is -2.66. The van der Waals surface area contributed by atoms with Crippen LogP contribution < -0.4 is 0 Å². The van der Waals surface area contributed by atoms with Crippen LogP contribution in [0.25, 0.3) is 0 Å². The van der Waals surface area contributed by atoms with Crippen LogP contribution in [-0.2, 0) is 28.1 Å². The van der Waals surface area contributed by atoms with Crippen LogP contribution in [0.3, 0.4) is 0 Å². The van der Waals surface area contributed by atoms with E-state index < -0.39 is 11.9 Å². The lowest BCUT2D eigenvalue weighted by Crippen LogP contribution is -2.42. The molecule has 1 unspecified atom stereocenters. The average Bonchev–Trinajstić information content (AvgIpc) is 2.89. The molecular weight excluding hydrogens is 318 g/mol. The quantitative estimate of drug-likeness (QED) is 0.722. The molecule has 0 saturated heterocycles. The summed E-state index contributed by atoms with van der Waals surface area (Å²) >= 11 is 0. The fourth-order valence-electron chi connectivity index (χ4n) is 4.15. The van der Waals surface area contributed by atoms with E-state index in [-0.39, 0.29) is 5.54 Å². The van der Waals surface area contributed by atoms with Crippen LogP contribution in [0, 0.1) is 0 Å². The molecular formula is C20H21NO4. The molecule has 1 aliphatic carbocycles. The zero-order valence-corrected chi connectivity index (χ0v) is 14.1. The van der Waals surface area contributed by atoms with Crippen LogP contribution in [0.15, 0.2) is 48.5 Å². The Bertz CT molecular complexity index is 805. The third-order valence-electron chi connectivity index (χ3n) is 5.15. The summed E-state index contributed by atoms with van der Waals surface area (Å²) in [7, 11) is 2.28. The summed E-state index contributed by atoms with van der Waals surface area (Å²) in [6.45, 7) is 1.07. The summed E-state index contributed by atoms with van der Waals surface area (Å²) in [6, 6.07) is 18.0. The van der Waals surface area contributed by atoms with Gasteiger partial charge in [0, 0.05) is 6.54 Å². The topological polar surface area (TPSA) is 77.8 Å². The van der Waals surface area contributed by atoms with Crippen molar-refractivity contribution in [1.82, 2.24) is 4.90 Å². The van der Waals surface area contributed by atoms with E-state index in [0.717, 1.165) is 6.54 Å². The lowest BCUT2D eigenvalue weighted by molar-refractivity contribution is -0.159. The first-order chi connectivity index (χ1) is 12.0. The van der Waals surface area contributed by atoms with Crippen LogP contribution in [0.1, 0.15) is 35.1 Å². The summed E-state index contributed by atoms with van der Waals surface area (Å²) in [6.07, 6.45) is 3.77. The normalized spacial score (nSPS) is 21.0. The maximum atomic E-state index is 9.10. The van der Waals surface area contributed by atoms with Gasteiger partial charge in [-0.3, -0.25) is 4.90 Å². The van der Waals surface area contributed by atoms with E-state index in [9.17, 15) is 0 Å². The molecule has 0 fully saturated rings. The molecule has 0 amide bonds. The second-order valence-corrected chi connectivity index (χ2v) is 6.49. The lowest BCUT2D eigenvalue weighted by atomic mass is 9.72. The van der Waals surface area contributed by atoms with E-state index >= 15 is 0 Å². The maximum absolute atomic E-state index is 9.10. The van der Waals surface area contributed by atoms with E-state index in [0.29, 0.717) is 0 Å². The molecule has 5 heteroatoms. The van der Waals surface area contributed by atoms with E-state index in [1.807, 2.05) is 0 Å². The van der Waals surface area contributed by atoms with Crippen LogP contribution >= 0.6 is 0 Å². The predicted molar refractivity (Wildman–Crippen MR) is 93.3 cm³/mol. The summed E-state index contributed by atoms with van der Waals surface area (Å²) in [5, 5.41) is 14.8. The largest absolute Gasteiger partial charge is 0.473 e. The molecule has 5 nitrogen and oxygen atoms in total. The Balaban J connectivity index is 0.000000265. The van der Waals surface area contributed by atoms with Crippen molar-refractivity contribution in [1.29, 1.82) is 0 Å². The number of hydrogen-bond acceptors (Lipinski definition) is 3. The van der Waals surface area contributed by atoms with Gasteiger partial charge in [-0.25, -0.2) is 9.59 Å². The fourth-order valence-corrected chi connectivity index (χ4v) is 4.15. The lowest BCUT2D eigenvalue weighted by Gasteiger charge is -2.42. The first-order valence-electron chi connectivity index (χ1n) is 8.31. The number of carboxylic acids is 2. The number of carbonyl (C=O) groups is 2. The average molecular weight is 339 g/mol. The van der Waals surface area contributed by atoms with Gasteiger partial charge in [0.2, 0.25) is 0 Å². The highest BCUT2D eigenvalue weighted by molar-refractivity contribution is 6.27. The summed E-state index contributed by atoms with van der Waals surface area (Å²) in [4.78, 5) is 20.8. The van der Waals surface area contributed by atoms with Gasteiger partial charge in [-0.2, -0.15) is 0 Å². The molecule has 2 aliphatic rings. The molecule has 0 aromatic heterocycles. The van der Waals surface area contributed by atoms with Gasteiger partial charge >= 0.3 is 11.9 Å². The molecule has 0 radical (unpaired) electrons. The SMILES string of the molecule is CN1Cc2ccccc2C12CCCc1ccccc12.O=C(O)C(=O)O. The Labute approximate surface area is 146 Å². The van der Waals surface area contributed by atoms with E-state index in [1.165, 1.54) is 41.5 Å². The standard InChI is InChI=1S/C18H19N.C2H2O4/c1-19-13-15-8-3-5-11-17(15)18(19)12-6-9-14-7-2-4-10-16(14)18;3-1(4)2(5)6/h2-5,7-8,10-11H,6,9,12-13H2,1H3;(H,3,4)(H,5,6). The van der Waals surface area contributed by atoms with Gasteiger partial charge < -0.3 is 10.2 Å². The van der Waals surface area contributed by atoms with E-state index in [2.05, 4.69) is 60.5 Å². The van der Waals surface area contributed by atoms with Gasteiger partial charge in [-0.1, -0.05) is 48.5 Å². The van der Waals surface area contributed by atoms with Crippen LogP contribution in [-0.4, -0.2) is 34.1 Å². The molecule has 25 heavy (non-hydrogen) atoms. The first-order valence-corrected chi connectivity index (χ1v) is 8.31. The minimum Gasteiger partial charge on any atom is -0.473 e. The monoisotopic (exact) mass is 339 g/mol. The maximum Gasteiger partial charge on any atom is 0.414 e. The summed E-state index contributed by atoms with van der Waals surface area (Å²) in [5.74, 6) is -3.65. The summed E-state index contributed by atoms with van der Waals surface area (Å²) in [5.41, 5.74) is 6.24. The van der Waals surface area contributed by atoms with Crippen molar-refractivity contribution in [2.75, 3.05) is 7.05 Å². The molecule has 1 aliphatic heterocycles. The van der Waals surface area contributed by atoms with Crippen molar-refractivity contribution in [2.24, 2.45) is 0 Å². The molecule has 1 atom stereocenters. The highest BCUT2D eigenvalue weighted by Gasteiger charge is 2.46. The van der Waals surface area contributed by atoms with Crippen molar-refractivity contribution in [3.05, 3.63) is 70.8 Å². The molecule has 4 rings (SSSR count). The number of fused-ring (bicyclic) bond motifs is 4. The zero-order chi connectivity index (χ0) is 18.0. The molecule has 2 aromatic carbocycles. The van der Waals surface area contributed by atoms with Crippen LogP contribution in [0.4, 0.5) is 0 Å². The van der Waals surface area contributed by atoms with Gasteiger partial charge in [0.25, 0.3) is 0 Å². The van der Waals surface area contributed by atoms with Crippen LogP contribution in [0.5, 0.6) is 0 Å². The minimum atomic E-state index is -1.82. The Kier molecular flexibility index (Phi) is 4.59. The van der Waals surface area contributed by atoms with Crippen molar-refractivity contribution in [3.63, 3.8) is 0 Å². The highest BCUT2D eigenvalue weighted by atomic mass is 16.4. The van der Waals surface area contributed by atoms with Crippen molar-refractivity contribution >= 4 is 11.9 Å². The van der Waals surface area contributed by atoms with Gasteiger partial charge in [0.05, 0.1) is 5.54 Å². The number of aliphatic carboxylic acids is 2. The van der Waals surface area contributed by atoms with Gasteiger partial charge in [-0.05, 0) is 48.6 Å². The molecule has 2 N–H and O–H groups in total. The molecule has 130 valence electrons. The van der Waals surface area contributed by atoms with Gasteiger partial charge in [0.15, 0.2) is 0 Å². The second-order valence-electron chi connectivity index (χ2n) is 6.49. The third-order valence-corrected chi connectivity index (χ3v) is 5.15. The Morgan fingerprint density at radius 2 is 1.44 bits per heavy atom. The number of carboxylic acid groups (broad SMARTS) is 2. The fraction of sp³-hybridized carbons (Fsp3) is 0.300. The molecule has 1 heterocycles. The van der Waals surface area contributed by atoms with Crippen molar-refractivity contribution < 1.29 is 19.8 Å². The predicted octanol–water partition coefficient (Wildman–Crippen LogP) is 2.87. The molecule has 1 spiro atoms. The van der Waals surface area contributed by atoms with E-state index in [4.69, 9.17) is 19.8 Å². The van der Waals surface area contributed by atoms with Gasteiger partial charge in [-0.15, -0.1) is 0 Å². The molecule has 0 saturated carbocycles. The second kappa shape index (κ2) is 6.69. The third kappa shape index (κ3) is 2.91. The van der Waals surface area contributed by atoms with E-state index in [1.54, 1.807) is 0 Å². The number of aryl methyl sites for hydroxylation is 1. The minimum absolute atomic E-state index is 0.130. The zero-order valence-electron chi connectivity index (χ0n) is 14.1. The number of nitrogens with zero attached hydrogens (tertiary/aromatic N) is 1. The van der Waals surface area contributed by atoms with Crippen LogP contribution in [0.2, 0.25) is 0 Å². The number of benzene rings is 2. The number of rotatable bonds is 0. The van der Waals surface area contributed by atoms with Gasteiger partial charge in [0.1, 0.15) is 0 Å². The smallest absolute Gasteiger partial charge is 0.414 e. The highest BCUT2D eigenvalue weighted by Crippen LogP contribution is 2.49.